The van der Waals surface area contributed by atoms with E-state index in [9.17, 15) is 4.79 Å². The van der Waals surface area contributed by atoms with E-state index in [1.165, 1.54) is 7.11 Å². The molecule has 1 heterocycles. The number of hydrogen-bond donors (Lipinski definition) is 0. The molecule has 0 aliphatic rings. The van der Waals surface area contributed by atoms with Gasteiger partial charge in [-0.1, -0.05) is 30.3 Å². The van der Waals surface area contributed by atoms with Crippen molar-refractivity contribution in [3.63, 3.8) is 0 Å². The van der Waals surface area contributed by atoms with Crippen molar-refractivity contribution in [1.29, 1.82) is 0 Å². The second kappa shape index (κ2) is 4.23. The lowest BCUT2D eigenvalue weighted by molar-refractivity contribution is 0.0599. The molecular formula is C13H12O3. The average molecular weight is 216 g/mol. The van der Waals surface area contributed by atoms with Crippen LogP contribution in [0.4, 0.5) is 0 Å². The molecule has 0 spiro atoms. The van der Waals surface area contributed by atoms with E-state index in [1.54, 1.807) is 13.0 Å². The molecule has 0 fully saturated rings. The van der Waals surface area contributed by atoms with Crippen LogP contribution in [0.2, 0.25) is 0 Å². The number of methoxy groups -OCH3 is 1. The lowest BCUT2D eigenvalue weighted by Gasteiger charge is -1.93. The van der Waals surface area contributed by atoms with Crippen molar-refractivity contribution in [1.82, 2.24) is 0 Å². The van der Waals surface area contributed by atoms with Crippen molar-refractivity contribution in [2.75, 3.05) is 7.11 Å². The molecule has 0 saturated carbocycles. The zero-order valence-electron chi connectivity index (χ0n) is 9.19. The van der Waals surface area contributed by atoms with Crippen LogP contribution in [0.1, 0.15) is 16.1 Å². The van der Waals surface area contributed by atoms with Crippen LogP contribution in [-0.4, -0.2) is 13.1 Å². The Balaban J connectivity index is 2.42. The summed E-state index contributed by atoms with van der Waals surface area (Å²) in [5, 5.41) is 0. The Kier molecular flexibility index (Phi) is 2.77. The average Bonchev–Trinajstić information content (AvgIpc) is 2.71. The largest absolute Gasteiger partial charge is 0.465 e. The quantitative estimate of drug-likeness (QED) is 0.724. The maximum atomic E-state index is 11.4. The van der Waals surface area contributed by atoms with E-state index in [2.05, 4.69) is 4.74 Å². The van der Waals surface area contributed by atoms with Crippen LogP contribution in [-0.2, 0) is 4.74 Å². The molecule has 0 unspecified atom stereocenters. The van der Waals surface area contributed by atoms with Gasteiger partial charge in [0.15, 0.2) is 0 Å². The fourth-order valence-electron chi connectivity index (χ4n) is 1.54. The second-order valence-electron chi connectivity index (χ2n) is 3.44. The van der Waals surface area contributed by atoms with Crippen molar-refractivity contribution >= 4 is 5.97 Å². The molecular weight excluding hydrogens is 204 g/mol. The molecule has 82 valence electrons. The molecule has 0 radical (unpaired) electrons. The molecule has 0 bridgehead atoms. The maximum absolute atomic E-state index is 11.4. The van der Waals surface area contributed by atoms with E-state index in [1.807, 2.05) is 30.3 Å². The van der Waals surface area contributed by atoms with Crippen LogP contribution in [0, 0.1) is 6.92 Å². The number of rotatable bonds is 2. The van der Waals surface area contributed by atoms with Crippen LogP contribution in [0.5, 0.6) is 0 Å². The zero-order valence-corrected chi connectivity index (χ0v) is 9.19. The third-order valence-corrected chi connectivity index (χ3v) is 2.38. The van der Waals surface area contributed by atoms with E-state index >= 15 is 0 Å². The Morgan fingerprint density at radius 1 is 1.25 bits per heavy atom. The summed E-state index contributed by atoms with van der Waals surface area (Å²) in [5.74, 6) is 0.882. The summed E-state index contributed by atoms with van der Waals surface area (Å²) in [7, 11) is 1.36. The SMILES string of the molecule is COC(=O)c1cc(-c2ccccc2)oc1C. The van der Waals surface area contributed by atoms with Crippen molar-refractivity contribution < 1.29 is 13.9 Å². The van der Waals surface area contributed by atoms with E-state index in [0.717, 1.165) is 5.56 Å². The van der Waals surface area contributed by atoms with Gasteiger partial charge in [0.2, 0.25) is 0 Å². The van der Waals surface area contributed by atoms with Crippen molar-refractivity contribution in [3.8, 4) is 11.3 Å². The molecule has 3 heteroatoms. The number of hydrogen-bond acceptors (Lipinski definition) is 3. The topological polar surface area (TPSA) is 39.4 Å². The Morgan fingerprint density at radius 2 is 1.94 bits per heavy atom. The van der Waals surface area contributed by atoms with Gasteiger partial charge in [0.05, 0.1) is 7.11 Å². The molecule has 0 saturated heterocycles. The Labute approximate surface area is 93.7 Å². The summed E-state index contributed by atoms with van der Waals surface area (Å²) in [4.78, 5) is 11.4. The highest BCUT2D eigenvalue weighted by Crippen LogP contribution is 2.25. The lowest BCUT2D eigenvalue weighted by Crippen LogP contribution is -2.00. The molecule has 2 rings (SSSR count). The first-order valence-corrected chi connectivity index (χ1v) is 4.96. The normalized spacial score (nSPS) is 10.1. The van der Waals surface area contributed by atoms with Gasteiger partial charge in [-0.15, -0.1) is 0 Å². The molecule has 0 aliphatic carbocycles. The van der Waals surface area contributed by atoms with Crippen LogP contribution < -0.4 is 0 Å². The summed E-state index contributed by atoms with van der Waals surface area (Å²) in [6.45, 7) is 1.75. The number of ether oxygens (including phenoxy) is 1. The predicted molar refractivity (Wildman–Crippen MR) is 60.2 cm³/mol. The standard InChI is InChI=1S/C13H12O3/c1-9-11(13(14)15-2)8-12(16-9)10-6-4-3-5-7-10/h3-8H,1-2H3. The van der Waals surface area contributed by atoms with E-state index < -0.39 is 0 Å². The van der Waals surface area contributed by atoms with Crippen molar-refractivity contribution in [2.24, 2.45) is 0 Å². The summed E-state index contributed by atoms with van der Waals surface area (Å²) < 4.78 is 10.2. The monoisotopic (exact) mass is 216 g/mol. The van der Waals surface area contributed by atoms with Crippen LogP contribution >= 0.6 is 0 Å². The smallest absolute Gasteiger partial charge is 0.341 e. The fourth-order valence-corrected chi connectivity index (χ4v) is 1.54. The highest BCUT2D eigenvalue weighted by Gasteiger charge is 2.15. The molecule has 0 amide bonds. The molecule has 2 aromatic rings. The summed E-state index contributed by atoms with van der Waals surface area (Å²) in [6, 6.07) is 11.3. The minimum atomic E-state index is -0.372. The van der Waals surface area contributed by atoms with Crippen LogP contribution in [0.3, 0.4) is 0 Å². The highest BCUT2D eigenvalue weighted by atomic mass is 16.5. The molecule has 3 nitrogen and oxygen atoms in total. The number of aryl methyl sites for hydroxylation is 1. The summed E-state index contributed by atoms with van der Waals surface area (Å²) in [6.07, 6.45) is 0. The number of carbonyl (C=O) groups is 1. The highest BCUT2D eigenvalue weighted by molar-refractivity contribution is 5.91. The second-order valence-corrected chi connectivity index (χ2v) is 3.44. The number of esters is 1. The number of benzene rings is 1. The molecule has 16 heavy (non-hydrogen) atoms. The minimum Gasteiger partial charge on any atom is -0.465 e. The van der Waals surface area contributed by atoms with E-state index in [0.29, 0.717) is 17.1 Å². The minimum absolute atomic E-state index is 0.372. The summed E-state index contributed by atoms with van der Waals surface area (Å²) in [5.41, 5.74) is 1.42. The van der Waals surface area contributed by atoms with Crippen molar-refractivity contribution in [3.05, 3.63) is 47.7 Å². The van der Waals surface area contributed by atoms with Gasteiger partial charge in [-0.3, -0.25) is 0 Å². The van der Waals surface area contributed by atoms with Gasteiger partial charge in [0.25, 0.3) is 0 Å². The molecule has 0 atom stereocenters. The fraction of sp³-hybridized carbons (Fsp3) is 0.154. The van der Waals surface area contributed by atoms with Gasteiger partial charge in [0.1, 0.15) is 17.1 Å². The first-order valence-electron chi connectivity index (χ1n) is 4.96. The maximum Gasteiger partial charge on any atom is 0.341 e. The van der Waals surface area contributed by atoms with Gasteiger partial charge in [-0.05, 0) is 13.0 Å². The van der Waals surface area contributed by atoms with Gasteiger partial charge in [-0.25, -0.2) is 4.79 Å². The van der Waals surface area contributed by atoms with Gasteiger partial charge in [0, 0.05) is 5.56 Å². The number of carbonyl (C=O) groups excluding carboxylic acids is 1. The first-order chi connectivity index (χ1) is 7.72. The Morgan fingerprint density at radius 3 is 2.56 bits per heavy atom. The first kappa shape index (κ1) is 10.5. The van der Waals surface area contributed by atoms with Crippen LogP contribution in [0.25, 0.3) is 11.3 Å². The third kappa shape index (κ3) is 1.84. The predicted octanol–water partition coefficient (Wildman–Crippen LogP) is 3.04. The Bertz CT molecular complexity index is 497. The zero-order chi connectivity index (χ0) is 11.5. The lowest BCUT2D eigenvalue weighted by atomic mass is 10.1. The van der Waals surface area contributed by atoms with Crippen molar-refractivity contribution in [2.45, 2.75) is 6.92 Å². The Hall–Kier alpha value is -2.03. The molecule has 1 aromatic heterocycles. The van der Waals surface area contributed by atoms with Gasteiger partial charge < -0.3 is 9.15 Å². The van der Waals surface area contributed by atoms with E-state index in [4.69, 9.17) is 4.42 Å². The third-order valence-electron chi connectivity index (χ3n) is 2.38. The van der Waals surface area contributed by atoms with Crippen LogP contribution in [0.15, 0.2) is 40.8 Å². The van der Waals surface area contributed by atoms with E-state index in [-0.39, 0.29) is 5.97 Å². The number of furan rings is 1. The molecule has 0 aliphatic heterocycles. The van der Waals surface area contributed by atoms with Gasteiger partial charge in [-0.2, -0.15) is 0 Å². The molecule has 1 aromatic carbocycles. The molecule has 0 N–H and O–H groups in total. The van der Waals surface area contributed by atoms with Gasteiger partial charge >= 0.3 is 5.97 Å². The summed E-state index contributed by atoms with van der Waals surface area (Å²) >= 11 is 0.